The van der Waals surface area contributed by atoms with Gasteiger partial charge < -0.3 is 4.74 Å². The lowest BCUT2D eigenvalue weighted by molar-refractivity contribution is 0.0606. The quantitative estimate of drug-likeness (QED) is 0.802. The number of rotatable bonds is 3. The van der Waals surface area contributed by atoms with Crippen LogP contribution in [0.15, 0.2) is 33.5 Å². The number of thiazole rings is 1. The topological polar surface area (TPSA) is 39.2 Å². The van der Waals surface area contributed by atoms with Crippen LogP contribution in [0.1, 0.15) is 15.2 Å². The highest BCUT2D eigenvalue weighted by atomic mass is 35.5. The van der Waals surface area contributed by atoms with Crippen molar-refractivity contribution in [2.24, 2.45) is 0 Å². The van der Waals surface area contributed by atoms with Crippen LogP contribution in [-0.2, 0) is 4.74 Å². The number of carbonyl (C=O) groups is 1. The number of esters is 1. The third-order valence-corrected chi connectivity index (χ3v) is 4.65. The van der Waals surface area contributed by atoms with Gasteiger partial charge in [0.15, 0.2) is 14.4 Å². The van der Waals surface area contributed by atoms with Crippen LogP contribution in [0.25, 0.3) is 0 Å². The van der Waals surface area contributed by atoms with Gasteiger partial charge in [0.2, 0.25) is 0 Å². The number of hydrogen-bond acceptors (Lipinski definition) is 5. The first-order valence-corrected chi connectivity index (χ1v) is 7.10. The van der Waals surface area contributed by atoms with E-state index in [2.05, 4.69) is 9.72 Å². The van der Waals surface area contributed by atoms with Gasteiger partial charge in [0.25, 0.3) is 0 Å². The van der Waals surface area contributed by atoms with Crippen LogP contribution in [0.2, 0.25) is 5.15 Å². The summed E-state index contributed by atoms with van der Waals surface area (Å²) in [6, 6.07) is 8.07. The van der Waals surface area contributed by atoms with Crippen LogP contribution in [-0.4, -0.2) is 18.1 Å². The van der Waals surface area contributed by atoms with E-state index in [0.29, 0.717) is 4.88 Å². The molecule has 1 aromatic heterocycles. The Morgan fingerprint density at radius 1 is 1.39 bits per heavy atom. The molecule has 1 heterocycles. The van der Waals surface area contributed by atoms with Crippen molar-refractivity contribution in [3.63, 3.8) is 0 Å². The van der Waals surface area contributed by atoms with Crippen LogP contribution in [0.5, 0.6) is 0 Å². The molecule has 0 saturated carbocycles. The Hall–Kier alpha value is -1.04. The molecule has 18 heavy (non-hydrogen) atoms. The largest absolute Gasteiger partial charge is 0.465 e. The molecule has 0 spiro atoms. The molecule has 0 radical (unpaired) electrons. The van der Waals surface area contributed by atoms with E-state index in [1.807, 2.05) is 31.2 Å². The van der Waals surface area contributed by atoms with Gasteiger partial charge in [-0.25, -0.2) is 9.78 Å². The Labute approximate surface area is 118 Å². The Balaban J connectivity index is 2.20. The maximum Gasteiger partial charge on any atom is 0.351 e. The van der Waals surface area contributed by atoms with Crippen LogP contribution in [0, 0.1) is 6.92 Å². The fourth-order valence-electron chi connectivity index (χ4n) is 1.25. The third kappa shape index (κ3) is 3.04. The first kappa shape index (κ1) is 13.4. The Morgan fingerprint density at radius 2 is 2.06 bits per heavy atom. The molecule has 0 saturated heterocycles. The molecule has 0 aliphatic rings. The second-order valence-corrected chi connectivity index (χ2v) is 6.18. The van der Waals surface area contributed by atoms with Crippen molar-refractivity contribution in [3.8, 4) is 0 Å². The molecule has 94 valence electrons. The molecule has 0 aliphatic heterocycles. The van der Waals surface area contributed by atoms with Gasteiger partial charge in [0, 0.05) is 4.90 Å². The summed E-state index contributed by atoms with van der Waals surface area (Å²) in [6.07, 6.45) is 0. The van der Waals surface area contributed by atoms with Gasteiger partial charge in [-0.1, -0.05) is 52.4 Å². The fraction of sp³-hybridized carbons (Fsp3) is 0.167. The van der Waals surface area contributed by atoms with Crippen molar-refractivity contribution >= 4 is 40.7 Å². The maximum absolute atomic E-state index is 11.4. The van der Waals surface area contributed by atoms with E-state index in [9.17, 15) is 4.79 Å². The minimum Gasteiger partial charge on any atom is -0.465 e. The van der Waals surface area contributed by atoms with Crippen molar-refractivity contribution in [3.05, 3.63) is 39.9 Å². The van der Waals surface area contributed by atoms with Gasteiger partial charge >= 0.3 is 5.97 Å². The van der Waals surface area contributed by atoms with E-state index in [-0.39, 0.29) is 5.15 Å². The highest BCUT2D eigenvalue weighted by Gasteiger charge is 2.17. The second-order valence-electron chi connectivity index (χ2n) is 3.51. The summed E-state index contributed by atoms with van der Waals surface area (Å²) in [5.74, 6) is -0.451. The lowest BCUT2D eigenvalue weighted by Crippen LogP contribution is -1.98. The van der Waals surface area contributed by atoms with Gasteiger partial charge in [-0.3, -0.25) is 0 Å². The van der Waals surface area contributed by atoms with Crippen molar-refractivity contribution in [2.75, 3.05) is 7.11 Å². The maximum atomic E-state index is 11.4. The number of carbonyl (C=O) groups excluding carboxylic acids is 1. The average molecular weight is 300 g/mol. The Kier molecular flexibility index (Phi) is 4.27. The number of halogens is 1. The Morgan fingerprint density at radius 3 is 2.67 bits per heavy atom. The number of nitrogens with zero attached hydrogens (tertiary/aromatic N) is 1. The van der Waals surface area contributed by atoms with Gasteiger partial charge in [0.1, 0.15) is 0 Å². The van der Waals surface area contributed by atoms with Crippen molar-refractivity contribution in [2.45, 2.75) is 16.2 Å². The van der Waals surface area contributed by atoms with E-state index < -0.39 is 5.97 Å². The highest BCUT2D eigenvalue weighted by Crippen LogP contribution is 2.35. The fourth-order valence-corrected chi connectivity index (χ4v) is 3.55. The van der Waals surface area contributed by atoms with E-state index in [1.54, 1.807) is 0 Å². The lowest BCUT2D eigenvalue weighted by atomic mass is 10.2. The molecular weight excluding hydrogens is 290 g/mol. The number of benzene rings is 1. The van der Waals surface area contributed by atoms with Gasteiger partial charge in [-0.15, -0.1) is 0 Å². The zero-order valence-electron chi connectivity index (χ0n) is 9.77. The normalized spacial score (nSPS) is 10.4. The van der Waals surface area contributed by atoms with Gasteiger partial charge in [-0.05, 0) is 19.1 Å². The van der Waals surface area contributed by atoms with Crippen molar-refractivity contribution < 1.29 is 9.53 Å². The summed E-state index contributed by atoms with van der Waals surface area (Å²) < 4.78 is 5.36. The first-order chi connectivity index (χ1) is 8.60. The SMILES string of the molecule is COC(=O)c1sc(Sc2ccc(C)cc2)nc1Cl. The van der Waals surface area contributed by atoms with Crippen LogP contribution >= 0.6 is 34.7 Å². The minimum atomic E-state index is -0.451. The Bertz CT molecular complexity index is 566. The highest BCUT2D eigenvalue weighted by molar-refractivity contribution is 8.01. The first-order valence-electron chi connectivity index (χ1n) is 5.09. The number of ether oxygens (including phenoxy) is 1. The molecule has 1 aromatic carbocycles. The molecule has 0 bridgehead atoms. The standard InChI is InChI=1S/C12H10ClNO2S2/c1-7-3-5-8(6-4-7)17-12-14-10(13)9(18-12)11(15)16-2/h3-6H,1-2H3. The molecule has 0 aliphatic carbocycles. The summed E-state index contributed by atoms with van der Waals surface area (Å²) >= 11 is 8.61. The van der Waals surface area contributed by atoms with Crippen LogP contribution in [0.4, 0.5) is 0 Å². The molecule has 3 nitrogen and oxygen atoms in total. The van der Waals surface area contributed by atoms with Crippen molar-refractivity contribution in [1.29, 1.82) is 0 Å². The van der Waals surface area contributed by atoms with E-state index in [4.69, 9.17) is 11.6 Å². The molecule has 0 unspecified atom stereocenters. The number of methoxy groups -OCH3 is 1. The molecule has 0 fully saturated rings. The third-order valence-electron chi connectivity index (χ3n) is 2.16. The smallest absolute Gasteiger partial charge is 0.351 e. The summed E-state index contributed by atoms with van der Waals surface area (Å²) in [5.41, 5.74) is 1.20. The molecule has 2 rings (SSSR count). The molecule has 2 aromatic rings. The summed E-state index contributed by atoms with van der Waals surface area (Å²) in [7, 11) is 1.32. The zero-order chi connectivity index (χ0) is 13.1. The van der Waals surface area contributed by atoms with Gasteiger partial charge in [0.05, 0.1) is 7.11 Å². The number of aromatic nitrogens is 1. The molecule has 6 heteroatoms. The van der Waals surface area contributed by atoms with Crippen LogP contribution in [0.3, 0.4) is 0 Å². The molecule has 0 N–H and O–H groups in total. The van der Waals surface area contributed by atoms with Crippen molar-refractivity contribution in [1.82, 2.24) is 4.98 Å². The summed E-state index contributed by atoms with van der Waals surface area (Å²) in [5, 5.41) is 0.196. The molecule has 0 atom stereocenters. The second kappa shape index (κ2) is 5.73. The molecular formula is C12H10ClNO2S2. The van der Waals surface area contributed by atoms with Gasteiger partial charge in [-0.2, -0.15) is 0 Å². The number of aryl methyl sites for hydroxylation is 1. The predicted molar refractivity (Wildman–Crippen MR) is 73.8 cm³/mol. The zero-order valence-corrected chi connectivity index (χ0v) is 12.2. The minimum absolute atomic E-state index is 0.196. The summed E-state index contributed by atoms with van der Waals surface area (Å²) in [4.78, 5) is 16.9. The van der Waals surface area contributed by atoms with Crippen LogP contribution < -0.4 is 0 Å². The lowest BCUT2D eigenvalue weighted by Gasteiger charge is -1.97. The predicted octanol–water partition coefficient (Wildman–Crippen LogP) is 4.04. The monoisotopic (exact) mass is 299 g/mol. The number of hydrogen-bond donors (Lipinski definition) is 0. The van der Waals surface area contributed by atoms with E-state index >= 15 is 0 Å². The summed E-state index contributed by atoms with van der Waals surface area (Å²) in [6.45, 7) is 2.03. The van der Waals surface area contributed by atoms with E-state index in [0.717, 1.165) is 9.24 Å². The molecule has 0 amide bonds. The van der Waals surface area contributed by atoms with E-state index in [1.165, 1.54) is 35.8 Å². The average Bonchev–Trinajstić information content (AvgIpc) is 2.72.